The highest BCUT2D eigenvalue weighted by Gasteiger charge is 2.27. The molecule has 152 valence electrons. The van der Waals surface area contributed by atoms with Gasteiger partial charge in [0.05, 0.1) is 15.8 Å². The van der Waals surface area contributed by atoms with Gasteiger partial charge in [-0.2, -0.15) is 0 Å². The largest absolute Gasteiger partial charge is 0.459 e. The highest BCUT2D eigenvalue weighted by molar-refractivity contribution is 7.91. The van der Waals surface area contributed by atoms with Gasteiger partial charge >= 0.3 is 0 Å². The zero-order valence-electron chi connectivity index (χ0n) is 15.9. The molecule has 1 amide bonds. The molecule has 1 aromatic heterocycles. The molecule has 3 aromatic rings. The second-order valence-corrected chi connectivity index (χ2v) is 9.04. The Balaban J connectivity index is 1.70. The fourth-order valence-electron chi connectivity index (χ4n) is 3.72. The van der Waals surface area contributed by atoms with Crippen LogP contribution in [0.2, 0.25) is 0 Å². The number of benzene rings is 2. The first-order chi connectivity index (χ1) is 13.9. The van der Waals surface area contributed by atoms with Crippen LogP contribution in [0.4, 0.5) is 4.39 Å². The molecule has 0 saturated heterocycles. The summed E-state index contributed by atoms with van der Waals surface area (Å²) >= 11 is 0. The summed E-state index contributed by atoms with van der Waals surface area (Å²) in [6, 6.07) is 9.69. The van der Waals surface area contributed by atoms with Crippen molar-refractivity contribution in [2.24, 2.45) is 0 Å². The average Bonchev–Trinajstić information content (AvgIpc) is 3.06. The van der Waals surface area contributed by atoms with E-state index in [4.69, 9.17) is 4.42 Å². The molecule has 1 aliphatic heterocycles. The van der Waals surface area contributed by atoms with Gasteiger partial charge in [-0.05, 0) is 43.2 Å². The summed E-state index contributed by atoms with van der Waals surface area (Å²) in [5.41, 5.74) is 1.54. The molecule has 1 aliphatic rings. The van der Waals surface area contributed by atoms with Crippen molar-refractivity contribution >= 4 is 26.7 Å². The molecule has 4 rings (SSSR count). The molecular weight excluding hydrogens is 395 g/mol. The standard InChI is InChI=1S/C21H21FN2O4S/c1-13(25)23-10-8-19-21-18(7-9-24-19)17-6-5-16(12-20(17)28-21)29(26,27)15-4-2-3-14(22)11-15/h2-6,11-12,19,24H,7-10H2,1H3,(H,23,25). The van der Waals surface area contributed by atoms with E-state index in [1.807, 2.05) is 0 Å². The predicted molar refractivity (Wildman–Crippen MR) is 106 cm³/mol. The molecule has 0 radical (unpaired) electrons. The fourth-order valence-corrected chi connectivity index (χ4v) is 5.02. The Morgan fingerprint density at radius 1 is 1.24 bits per heavy atom. The van der Waals surface area contributed by atoms with E-state index >= 15 is 0 Å². The van der Waals surface area contributed by atoms with Gasteiger partial charge < -0.3 is 15.1 Å². The minimum Gasteiger partial charge on any atom is -0.459 e. The first-order valence-electron chi connectivity index (χ1n) is 9.40. The van der Waals surface area contributed by atoms with Gasteiger partial charge in [-0.1, -0.05) is 6.07 Å². The molecule has 0 fully saturated rings. The highest BCUT2D eigenvalue weighted by atomic mass is 32.2. The number of sulfone groups is 1. The van der Waals surface area contributed by atoms with E-state index in [0.717, 1.165) is 35.7 Å². The summed E-state index contributed by atoms with van der Waals surface area (Å²) in [4.78, 5) is 11.1. The Hall–Kier alpha value is -2.71. The van der Waals surface area contributed by atoms with Gasteiger partial charge in [0, 0.05) is 37.0 Å². The van der Waals surface area contributed by atoms with Gasteiger partial charge in [-0.25, -0.2) is 12.8 Å². The number of furan rings is 1. The molecule has 1 atom stereocenters. The number of hydrogen-bond donors (Lipinski definition) is 2. The summed E-state index contributed by atoms with van der Waals surface area (Å²) in [6.07, 6.45) is 1.44. The third-order valence-corrected chi connectivity index (χ3v) is 6.85. The Labute approximate surface area is 168 Å². The van der Waals surface area contributed by atoms with Crippen LogP contribution < -0.4 is 10.6 Å². The molecule has 29 heavy (non-hydrogen) atoms. The number of carbonyl (C=O) groups is 1. The Morgan fingerprint density at radius 3 is 2.79 bits per heavy atom. The summed E-state index contributed by atoms with van der Waals surface area (Å²) in [5.74, 6) is 0.0865. The van der Waals surface area contributed by atoms with Crippen LogP contribution in [0.3, 0.4) is 0 Å². The Kier molecular flexibility index (Phi) is 5.14. The number of hydrogen-bond acceptors (Lipinski definition) is 5. The van der Waals surface area contributed by atoms with Crippen molar-refractivity contribution in [3.8, 4) is 0 Å². The van der Waals surface area contributed by atoms with Crippen molar-refractivity contribution in [2.75, 3.05) is 13.1 Å². The van der Waals surface area contributed by atoms with Gasteiger partial charge in [-0.3, -0.25) is 4.79 Å². The van der Waals surface area contributed by atoms with Crippen molar-refractivity contribution in [1.82, 2.24) is 10.6 Å². The molecule has 0 aliphatic carbocycles. The quantitative estimate of drug-likeness (QED) is 0.667. The lowest BCUT2D eigenvalue weighted by Crippen LogP contribution is -2.32. The van der Waals surface area contributed by atoms with Gasteiger partial charge in [0.1, 0.15) is 17.2 Å². The van der Waals surface area contributed by atoms with Crippen LogP contribution in [0.25, 0.3) is 11.0 Å². The number of fused-ring (bicyclic) bond motifs is 3. The lowest BCUT2D eigenvalue weighted by molar-refractivity contribution is -0.118. The average molecular weight is 416 g/mol. The second-order valence-electron chi connectivity index (χ2n) is 7.09. The van der Waals surface area contributed by atoms with Crippen LogP contribution in [-0.2, 0) is 21.1 Å². The van der Waals surface area contributed by atoms with Crippen molar-refractivity contribution < 1.29 is 22.0 Å². The minimum atomic E-state index is -3.85. The molecule has 1 unspecified atom stereocenters. The molecule has 2 N–H and O–H groups in total. The van der Waals surface area contributed by atoms with E-state index in [9.17, 15) is 17.6 Å². The molecule has 0 spiro atoms. The van der Waals surface area contributed by atoms with Crippen molar-refractivity contribution in [1.29, 1.82) is 0 Å². The van der Waals surface area contributed by atoms with E-state index in [-0.39, 0.29) is 21.7 Å². The maximum Gasteiger partial charge on any atom is 0.216 e. The molecule has 0 saturated carbocycles. The molecular formula is C21H21FN2O4S. The minimum absolute atomic E-state index is 0.0544. The maximum absolute atomic E-state index is 13.5. The predicted octanol–water partition coefficient (Wildman–Crippen LogP) is 3.12. The number of nitrogens with one attached hydrogen (secondary N) is 2. The van der Waals surface area contributed by atoms with Gasteiger partial charge in [0.2, 0.25) is 15.7 Å². The van der Waals surface area contributed by atoms with Gasteiger partial charge in [0.25, 0.3) is 0 Å². The molecule has 6 nitrogen and oxygen atoms in total. The summed E-state index contributed by atoms with van der Waals surface area (Å²) in [7, 11) is -3.85. The van der Waals surface area contributed by atoms with Crippen LogP contribution in [0.5, 0.6) is 0 Å². The SMILES string of the molecule is CC(=O)NCCC1NCCc2c1oc1cc(S(=O)(=O)c3cccc(F)c3)ccc21. The van der Waals surface area contributed by atoms with E-state index in [2.05, 4.69) is 10.6 Å². The van der Waals surface area contributed by atoms with Crippen LogP contribution >= 0.6 is 0 Å². The van der Waals surface area contributed by atoms with E-state index in [0.29, 0.717) is 18.5 Å². The molecule has 8 heteroatoms. The van der Waals surface area contributed by atoms with Crippen molar-refractivity contribution in [2.45, 2.75) is 35.6 Å². The zero-order chi connectivity index (χ0) is 20.6. The normalized spacial score (nSPS) is 16.6. The smallest absolute Gasteiger partial charge is 0.216 e. The number of amides is 1. The summed E-state index contributed by atoms with van der Waals surface area (Å²) in [6.45, 7) is 2.76. The summed E-state index contributed by atoms with van der Waals surface area (Å²) in [5, 5.41) is 7.04. The number of rotatable bonds is 5. The molecule has 2 aromatic carbocycles. The number of halogens is 1. The second kappa shape index (κ2) is 7.61. The lowest BCUT2D eigenvalue weighted by atomic mass is 9.98. The summed E-state index contributed by atoms with van der Waals surface area (Å²) < 4.78 is 45.3. The maximum atomic E-state index is 13.5. The highest BCUT2D eigenvalue weighted by Crippen LogP contribution is 2.36. The Morgan fingerprint density at radius 2 is 2.03 bits per heavy atom. The number of carbonyl (C=O) groups excluding carboxylic acids is 1. The van der Waals surface area contributed by atoms with Crippen LogP contribution in [0.15, 0.2) is 56.7 Å². The van der Waals surface area contributed by atoms with Crippen LogP contribution in [-0.4, -0.2) is 27.4 Å². The van der Waals surface area contributed by atoms with Crippen molar-refractivity contribution in [3.63, 3.8) is 0 Å². The molecule has 2 heterocycles. The van der Waals surface area contributed by atoms with Crippen LogP contribution in [0, 0.1) is 5.82 Å². The monoisotopic (exact) mass is 416 g/mol. The fraction of sp³-hybridized carbons (Fsp3) is 0.286. The Bertz CT molecular complexity index is 1190. The first-order valence-corrected chi connectivity index (χ1v) is 10.9. The topological polar surface area (TPSA) is 88.4 Å². The van der Waals surface area contributed by atoms with Crippen LogP contribution in [0.1, 0.15) is 30.7 Å². The lowest BCUT2D eigenvalue weighted by Gasteiger charge is -2.22. The zero-order valence-corrected chi connectivity index (χ0v) is 16.7. The third kappa shape index (κ3) is 3.77. The van der Waals surface area contributed by atoms with E-state index in [1.54, 1.807) is 6.07 Å². The van der Waals surface area contributed by atoms with E-state index in [1.165, 1.54) is 37.3 Å². The van der Waals surface area contributed by atoms with Gasteiger partial charge in [0.15, 0.2) is 0 Å². The molecule has 0 bridgehead atoms. The van der Waals surface area contributed by atoms with Gasteiger partial charge in [-0.15, -0.1) is 0 Å². The third-order valence-electron chi connectivity index (χ3n) is 5.10. The first kappa shape index (κ1) is 19.6. The van der Waals surface area contributed by atoms with E-state index < -0.39 is 15.7 Å². The van der Waals surface area contributed by atoms with Crippen molar-refractivity contribution in [3.05, 3.63) is 59.6 Å².